The number of carbonyl (C=O) groups excluding carboxylic acids is 1. The molecule has 28 heavy (non-hydrogen) atoms. The van der Waals surface area contributed by atoms with Crippen molar-refractivity contribution in [1.82, 2.24) is 0 Å². The first-order valence-corrected chi connectivity index (χ1v) is 9.16. The fourth-order valence-electron chi connectivity index (χ4n) is 2.85. The van der Waals surface area contributed by atoms with Crippen LogP contribution in [0.3, 0.4) is 0 Å². The number of carbonyl (C=O) groups is 1. The van der Waals surface area contributed by atoms with Gasteiger partial charge in [-0.25, -0.2) is 0 Å². The van der Waals surface area contributed by atoms with E-state index in [0.717, 1.165) is 11.4 Å². The molecule has 5 heteroatoms. The lowest BCUT2D eigenvalue weighted by atomic mass is 9.87. The first-order chi connectivity index (χ1) is 13.2. The fourth-order valence-corrected chi connectivity index (χ4v) is 2.85. The van der Waals surface area contributed by atoms with Crippen LogP contribution in [0.4, 0.5) is 28.4 Å². The van der Waals surface area contributed by atoms with Crippen LogP contribution in [0, 0.1) is 0 Å². The van der Waals surface area contributed by atoms with E-state index in [9.17, 15) is 4.79 Å². The number of anilines is 5. The van der Waals surface area contributed by atoms with Gasteiger partial charge in [0.05, 0.1) is 11.4 Å². The third-order valence-corrected chi connectivity index (χ3v) is 4.49. The summed E-state index contributed by atoms with van der Waals surface area (Å²) in [6.45, 7) is 6.44. The van der Waals surface area contributed by atoms with Crippen LogP contribution in [0.1, 0.15) is 36.7 Å². The third-order valence-electron chi connectivity index (χ3n) is 4.49. The molecule has 3 rings (SSSR count). The van der Waals surface area contributed by atoms with Gasteiger partial charge in [0.1, 0.15) is 0 Å². The average Bonchev–Trinajstić information content (AvgIpc) is 2.64. The Morgan fingerprint density at radius 2 is 1.54 bits per heavy atom. The van der Waals surface area contributed by atoms with Gasteiger partial charge < -0.3 is 22.1 Å². The van der Waals surface area contributed by atoms with Crippen LogP contribution in [-0.2, 0) is 5.41 Å². The molecule has 3 aromatic rings. The second-order valence-electron chi connectivity index (χ2n) is 7.83. The highest BCUT2D eigenvalue weighted by molar-refractivity contribution is 6.04. The quantitative estimate of drug-likeness (QED) is 0.475. The molecule has 0 atom stereocenters. The Hall–Kier alpha value is -3.47. The van der Waals surface area contributed by atoms with Gasteiger partial charge >= 0.3 is 0 Å². The molecule has 144 valence electrons. The Morgan fingerprint density at radius 1 is 0.857 bits per heavy atom. The monoisotopic (exact) mass is 374 g/mol. The minimum absolute atomic E-state index is 0.0545. The molecule has 0 radical (unpaired) electrons. The summed E-state index contributed by atoms with van der Waals surface area (Å²) in [5.41, 5.74) is 17.0. The summed E-state index contributed by atoms with van der Waals surface area (Å²) in [6, 6.07) is 20.5. The number of nitrogens with two attached hydrogens (primary N) is 2. The summed E-state index contributed by atoms with van der Waals surface area (Å²) in [4.78, 5) is 12.6. The number of benzene rings is 3. The summed E-state index contributed by atoms with van der Waals surface area (Å²) in [5, 5.41) is 6.18. The zero-order valence-corrected chi connectivity index (χ0v) is 16.4. The van der Waals surface area contributed by atoms with Gasteiger partial charge in [-0.2, -0.15) is 0 Å². The second kappa shape index (κ2) is 7.64. The van der Waals surface area contributed by atoms with Crippen LogP contribution < -0.4 is 22.1 Å². The van der Waals surface area contributed by atoms with E-state index in [1.807, 2.05) is 54.6 Å². The minimum Gasteiger partial charge on any atom is -0.399 e. The molecule has 0 unspecified atom stereocenters. The molecule has 0 saturated carbocycles. The smallest absolute Gasteiger partial charge is 0.255 e. The molecule has 0 aliphatic rings. The number of nitrogens with one attached hydrogen (secondary N) is 2. The molecule has 6 N–H and O–H groups in total. The van der Waals surface area contributed by atoms with Crippen LogP contribution in [0.15, 0.2) is 66.7 Å². The van der Waals surface area contributed by atoms with Gasteiger partial charge in [0.2, 0.25) is 0 Å². The molecule has 0 fully saturated rings. The molecule has 0 heterocycles. The van der Waals surface area contributed by atoms with E-state index in [-0.39, 0.29) is 11.3 Å². The highest BCUT2D eigenvalue weighted by Crippen LogP contribution is 2.27. The van der Waals surface area contributed by atoms with Crippen molar-refractivity contribution < 1.29 is 4.79 Å². The van der Waals surface area contributed by atoms with E-state index < -0.39 is 0 Å². The Balaban J connectivity index is 1.72. The predicted molar refractivity (Wildman–Crippen MR) is 118 cm³/mol. The third kappa shape index (κ3) is 4.62. The van der Waals surface area contributed by atoms with E-state index >= 15 is 0 Å². The van der Waals surface area contributed by atoms with Crippen molar-refractivity contribution in [2.75, 3.05) is 22.1 Å². The molecule has 0 saturated heterocycles. The van der Waals surface area contributed by atoms with Crippen molar-refractivity contribution in [1.29, 1.82) is 0 Å². The number of rotatable bonds is 4. The lowest BCUT2D eigenvalue weighted by Gasteiger charge is -2.19. The average molecular weight is 374 g/mol. The van der Waals surface area contributed by atoms with Crippen molar-refractivity contribution >= 4 is 34.3 Å². The van der Waals surface area contributed by atoms with Gasteiger partial charge in [-0.1, -0.05) is 39.0 Å². The van der Waals surface area contributed by atoms with Gasteiger partial charge in [0, 0.05) is 22.6 Å². The van der Waals surface area contributed by atoms with Crippen molar-refractivity contribution in [2.24, 2.45) is 0 Å². The molecule has 0 aliphatic carbocycles. The first kappa shape index (κ1) is 19.3. The van der Waals surface area contributed by atoms with Crippen LogP contribution in [0.2, 0.25) is 0 Å². The summed E-state index contributed by atoms with van der Waals surface area (Å²) in [6.07, 6.45) is 0. The number of nitrogen functional groups attached to an aromatic ring is 2. The van der Waals surface area contributed by atoms with Gasteiger partial charge in [-0.15, -0.1) is 0 Å². The largest absolute Gasteiger partial charge is 0.399 e. The number of hydrogen-bond donors (Lipinski definition) is 4. The highest BCUT2D eigenvalue weighted by atomic mass is 16.1. The Labute approximate surface area is 165 Å². The SMILES string of the molecule is CC(C)(C)c1ccc(C(=O)Nc2cccc(Nc3ccc(N)cc3N)c2)cc1. The maximum absolute atomic E-state index is 12.6. The Kier molecular flexibility index (Phi) is 5.27. The van der Waals surface area contributed by atoms with Gasteiger partial charge in [0.25, 0.3) is 5.91 Å². The highest BCUT2D eigenvalue weighted by Gasteiger charge is 2.14. The molecule has 5 nitrogen and oxygen atoms in total. The van der Waals surface area contributed by atoms with Crippen molar-refractivity contribution in [2.45, 2.75) is 26.2 Å². The second-order valence-corrected chi connectivity index (χ2v) is 7.83. The van der Waals surface area contributed by atoms with Crippen LogP contribution in [0.5, 0.6) is 0 Å². The molecule has 0 spiro atoms. The molecule has 0 bridgehead atoms. The zero-order chi connectivity index (χ0) is 20.3. The molecule has 1 amide bonds. The molecular weight excluding hydrogens is 348 g/mol. The van der Waals surface area contributed by atoms with Crippen LogP contribution in [0.25, 0.3) is 0 Å². The Morgan fingerprint density at radius 3 is 2.18 bits per heavy atom. The number of amides is 1. The van der Waals surface area contributed by atoms with E-state index in [1.54, 1.807) is 12.1 Å². The summed E-state index contributed by atoms with van der Waals surface area (Å²) < 4.78 is 0. The van der Waals surface area contributed by atoms with E-state index in [1.165, 1.54) is 5.56 Å². The van der Waals surface area contributed by atoms with Crippen molar-refractivity contribution in [3.8, 4) is 0 Å². The van der Waals surface area contributed by atoms with Gasteiger partial charge in [0.15, 0.2) is 0 Å². The van der Waals surface area contributed by atoms with Gasteiger partial charge in [-0.3, -0.25) is 4.79 Å². The minimum atomic E-state index is -0.149. The molecular formula is C23H26N4O. The topological polar surface area (TPSA) is 93.2 Å². The first-order valence-electron chi connectivity index (χ1n) is 9.16. The summed E-state index contributed by atoms with van der Waals surface area (Å²) >= 11 is 0. The molecule has 3 aromatic carbocycles. The molecule has 0 aliphatic heterocycles. The van der Waals surface area contributed by atoms with Crippen molar-refractivity contribution in [3.63, 3.8) is 0 Å². The lowest BCUT2D eigenvalue weighted by molar-refractivity contribution is 0.102. The molecule has 0 aromatic heterocycles. The summed E-state index contributed by atoms with van der Waals surface area (Å²) in [5.74, 6) is -0.149. The standard InChI is InChI=1S/C23H26N4O/c1-23(2,3)16-9-7-15(8-10-16)22(28)27-19-6-4-5-18(14-19)26-21-12-11-17(24)13-20(21)25/h4-14,26H,24-25H2,1-3H3,(H,27,28). The van der Waals surface area contributed by atoms with Crippen molar-refractivity contribution in [3.05, 3.63) is 77.9 Å². The normalized spacial score (nSPS) is 11.1. The predicted octanol–water partition coefficient (Wildman–Crippen LogP) is 5.14. The lowest BCUT2D eigenvalue weighted by Crippen LogP contribution is -2.14. The maximum Gasteiger partial charge on any atom is 0.255 e. The maximum atomic E-state index is 12.6. The van der Waals surface area contributed by atoms with Gasteiger partial charge in [-0.05, 0) is 59.5 Å². The van der Waals surface area contributed by atoms with E-state index in [4.69, 9.17) is 11.5 Å². The van der Waals surface area contributed by atoms with E-state index in [0.29, 0.717) is 22.6 Å². The zero-order valence-electron chi connectivity index (χ0n) is 16.4. The Bertz CT molecular complexity index is 988. The number of hydrogen-bond acceptors (Lipinski definition) is 4. The van der Waals surface area contributed by atoms with Crippen LogP contribution >= 0.6 is 0 Å². The van der Waals surface area contributed by atoms with Crippen LogP contribution in [-0.4, -0.2) is 5.91 Å². The van der Waals surface area contributed by atoms with E-state index in [2.05, 4.69) is 31.4 Å². The summed E-state index contributed by atoms with van der Waals surface area (Å²) in [7, 11) is 0. The fraction of sp³-hybridized carbons (Fsp3) is 0.174.